The van der Waals surface area contributed by atoms with Crippen LogP contribution < -0.4 is 4.90 Å². The van der Waals surface area contributed by atoms with Gasteiger partial charge in [-0.05, 0) is 59.8 Å². The van der Waals surface area contributed by atoms with Gasteiger partial charge in [-0.15, -0.1) is 0 Å². The molecule has 1 heterocycles. The highest BCUT2D eigenvalue weighted by atomic mass is 32.2. The van der Waals surface area contributed by atoms with E-state index in [1.807, 2.05) is 60.7 Å². The van der Waals surface area contributed by atoms with Crippen molar-refractivity contribution in [1.82, 2.24) is 0 Å². The molecule has 1 amide bonds. The van der Waals surface area contributed by atoms with Crippen molar-refractivity contribution in [2.75, 3.05) is 4.90 Å². The normalized spacial score (nSPS) is 16.6. The maximum absolute atomic E-state index is 13.1. The molecule has 1 aliphatic rings. The number of aliphatic imine (C=N–C) groups is 1. The van der Waals surface area contributed by atoms with Gasteiger partial charge in [0.1, 0.15) is 0 Å². The maximum Gasteiger partial charge on any atom is 0.335 e. The van der Waals surface area contributed by atoms with Crippen molar-refractivity contribution in [1.29, 1.82) is 0 Å². The van der Waals surface area contributed by atoms with Crippen molar-refractivity contribution >= 4 is 46.3 Å². The highest BCUT2D eigenvalue weighted by Crippen LogP contribution is 2.37. The van der Waals surface area contributed by atoms with Gasteiger partial charge >= 0.3 is 5.97 Å². The van der Waals surface area contributed by atoms with E-state index in [-0.39, 0.29) is 11.5 Å². The minimum Gasteiger partial charge on any atom is -0.478 e. The van der Waals surface area contributed by atoms with Crippen LogP contribution in [0.25, 0.3) is 6.08 Å². The SMILES string of the molecule is O=C(O)c1ccc(C=C2SC(=Nc3ccccc3)N(c3ccccc3)C2=O)cc1. The van der Waals surface area contributed by atoms with E-state index in [2.05, 4.69) is 4.99 Å². The first-order chi connectivity index (χ1) is 14.1. The third kappa shape index (κ3) is 4.12. The summed E-state index contributed by atoms with van der Waals surface area (Å²) < 4.78 is 0. The molecule has 29 heavy (non-hydrogen) atoms. The standard InChI is InChI=1S/C23H16N2O3S/c26-21-20(15-16-11-13-17(14-12-16)22(27)28)29-23(24-18-7-3-1-4-8-18)25(21)19-9-5-2-6-10-19/h1-15H,(H,27,28). The van der Waals surface area contributed by atoms with E-state index >= 15 is 0 Å². The van der Waals surface area contributed by atoms with E-state index in [1.165, 1.54) is 23.9 Å². The van der Waals surface area contributed by atoms with E-state index < -0.39 is 5.97 Å². The summed E-state index contributed by atoms with van der Waals surface area (Å²) >= 11 is 1.29. The summed E-state index contributed by atoms with van der Waals surface area (Å²) in [6.07, 6.45) is 1.75. The molecule has 1 saturated heterocycles. The van der Waals surface area contributed by atoms with Gasteiger partial charge in [0.2, 0.25) is 0 Å². The second kappa shape index (κ2) is 8.16. The Kier molecular flexibility index (Phi) is 5.27. The molecule has 1 N–H and O–H groups in total. The third-order valence-corrected chi connectivity index (χ3v) is 5.23. The molecule has 1 aliphatic heterocycles. The number of aromatic carboxylic acids is 1. The predicted molar refractivity (Wildman–Crippen MR) is 116 cm³/mol. The van der Waals surface area contributed by atoms with Gasteiger partial charge in [-0.3, -0.25) is 9.69 Å². The zero-order valence-corrected chi connectivity index (χ0v) is 16.0. The van der Waals surface area contributed by atoms with E-state index in [9.17, 15) is 9.59 Å². The first-order valence-electron chi connectivity index (χ1n) is 8.88. The fraction of sp³-hybridized carbons (Fsp3) is 0. The number of thioether (sulfide) groups is 1. The summed E-state index contributed by atoms with van der Waals surface area (Å²) in [4.78, 5) is 31.0. The minimum absolute atomic E-state index is 0.168. The molecule has 0 spiro atoms. The molecule has 142 valence electrons. The first-order valence-corrected chi connectivity index (χ1v) is 9.69. The Morgan fingerprint density at radius 1 is 0.897 bits per heavy atom. The van der Waals surface area contributed by atoms with Gasteiger partial charge < -0.3 is 5.11 Å². The largest absolute Gasteiger partial charge is 0.478 e. The van der Waals surface area contributed by atoms with Crippen molar-refractivity contribution in [3.05, 3.63) is 101 Å². The Labute approximate surface area is 172 Å². The number of carbonyl (C=O) groups excluding carboxylic acids is 1. The summed E-state index contributed by atoms with van der Waals surface area (Å²) in [7, 11) is 0. The molecule has 0 radical (unpaired) electrons. The second-order valence-corrected chi connectivity index (χ2v) is 7.25. The molecule has 0 aliphatic carbocycles. The second-order valence-electron chi connectivity index (χ2n) is 6.24. The Hall–Kier alpha value is -3.64. The van der Waals surface area contributed by atoms with Gasteiger partial charge in [0, 0.05) is 0 Å². The molecule has 4 rings (SSSR count). The summed E-state index contributed by atoms with van der Waals surface area (Å²) in [6.45, 7) is 0. The molecule has 0 saturated carbocycles. The van der Waals surface area contributed by atoms with Gasteiger partial charge in [-0.1, -0.05) is 48.5 Å². The Morgan fingerprint density at radius 2 is 1.52 bits per heavy atom. The van der Waals surface area contributed by atoms with Crippen LogP contribution in [0.2, 0.25) is 0 Å². The summed E-state index contributed by atoms with van der Waals surface area (Å²) in [5.74, 6) is -1.15. The Balaban J connectivity index is 1.72. The van der Waals surface area contributed by atoms with Gasteiger partial charge in [0.15, 0.2) is 5.17 Å². The average molecular weight is 400 g/mol. The van der Waals surface area contributed by atoms with Gasteiger partial charge in [0.05, 0.1) is 21.8 Å². The van der Waals surface area contributed by atoms with E-state index in [0.29, 0.717) is 10.1 Å². The molecule has 0 atom stereocenters. The van der Waals surface area contributed by atoms with E-state index in [1.54, 1.807) is 23.1 Å². The van der Waals surface area contributed by atoms with Crippen molar-refractivity contribution in [2.45, 2.75) is 0 Å². The molecule has 0 aromatic heterocycles. The quantitative estimate of drug-likeness (QED) is 0.612. The number of nitrogens with zero attached hydrogens (tertiary/aromatic N) is 2. The minimum atomic E-state index is -0.983. The highest BCUT2D eigenvalue weighted by Gasteiger charge is 2.34. The third-order valence-electron chi connectivity index (χ3n) is 4.26. The number of carbonyl (C=O) groups is 2. The number of para-hydroxylation sites is 2. The highest BCUT2D eigenvalue weighted by molar-refractivity contribution is 8.19. The molecule has 3 aromatic carbocycles. The summed E-state index contributed by atoms with van der Waals surface area (Å²) in [5, 5.41) is 9.61. The lowest BCUT2D eigenvalue weighted by molar-refractivity contribution is -0.113. The van der Waals surface area contributed by atoms with Crippen LogP contribution in [0.15, 0.2) is 94.8 Å². The predicted octanol–water partition coefficient (Wildman–Crippen LogP) is 5.19. The van der Waals surface area contributed by atoms with Crippen molar-refractivity contribution < 1.29 is 14.7 Å². The van der Waals surface area contributed by atoms with Crippen LogP contribution >= 0.6 is 11.8 Å². The lowest BCUT2D eigenvalue weighted by atomic mass is 10.1. The van der Waals surface area contributed by atoms with Crippen LogP contribution in [0.1, 0.15) is 15.9 Å². The van der Waals surface area contributed by atoms with Crippen molar-refractivity contribution in [3.8, 4) is 0 Å². The number of hydrogen-bond donors (Lipinski definition) is 1. The fourth-order valence-corrected chi connectivity index (χ4v) is 3.84. The van der Waals surface area contributed by atoms with Crippen LogP contribution in [0.4, 0.5) is 11.4 Å². The number of amides is 1. The van der Waals surface area contributed by atoms with Crippen molar-refractivity contribution in [2.24, 2.45) is 4.99 Å². The number of rotatable bonds is 4. The van der Waals surface area contributed by atoms with E-state index in [4.69, 9.17) is 5.11 Å². The summed E-state index contributed by atoms with van der Waals surface area (Å²) in [5.41, 5.74) is 2.45. The number of amidine groups is 1. The zero-order valence-electron chi connectivity index (χ0n) is 15.2. The van der Waals surface area contributed by atoms with Crippen LogP contribution in [0, 0.1) is 0 Å². The number of anilines is 1. The summed E-state index contributed by atoms with van der Waals surface area (Å²) in [6, 6.07) is 25.3. The molecular weight excluding hydrogens is 384 g/mol. The molecule has 1 fully saturated rings. The molecule has 6 heteroatoms. The molecule has 5 nitrogen and oxygen atoms in total. The average Bonchev–Trinajstić information content (AvgIpc) is 3.04. The maximum atomic E-state index is 13.1. The lowest BCUT2D eigenvalue weighted by Gasteiger charge is -2.15. The molecule has 3 aromatic rings. The van der Waals surface area contributed by atoms with Gasteiger partial charge in [-0.25, -0.2) is 9.79 Å². The van der Waals surface area contributed by atoms with Gasteiger partial charge in [-0.2, -0.15) is 0 Å². The lowest BCUT2D eigenvalue weighted by Crippen LogP contribution is -2.28. The molecular formula is C23H16N2O3S. The van der Waals surface area contributed by atoms with Crippen molar-refractivity contribution in [3.63, 3.8) is 0 Å². The van der Waals surface area contributed by atoms with Gasteiger partial charge in [0.25, 0.3) is 5.91 Å². The Morgan fingerprint density at radius 3 is 2.14 bits per heavy atom. The topological polar surface area (TPSA) is 70.0 Å². The smallest absolute Gasteiger partial charge is 0.335 e. The molecule has 0 unspecified atom stereocenters. The molecule has 0 bridgehead atoms. The van der Waals surface area contributed by atoms with Crippen LogP contribution in [0.5, 0.6) is 0 Å². The monoisotopic (exact) mass is 400 g/mol. The van der Waals surface area contributed by atoms with Crippen LogP contribution in [0.3, 0.4) is 0 Å². The number of carboxylic acid groups (broad SMARTS) is 1. The first kappa shape index (κ1) is 18.7. The van der Waals surface area contributed by atoms with E-state index in [0.717, 1.165) is 16.9 Å². The fourth-order valence-electron chi connectivity index (χ4n) is 2.84. The van der Waals surface area contributed by atoms with Crippen LogP contribution in [-0.2, 0) is 4.79 Å². The number of hydrogen-bond acceptors (Lipinski definition) is 4. The Bertz CT molecular complexity index is 1110. The number of carboxylic acids is 1. The zero-order chi connectivity index (χ0) is 20.2. The van der Waals surface area contributed by atoms with Crippen LogP contribution in [-0.4, -0.2) is 22.2 Å². The number of benzene rings is 3.